The summed E-state index contributed by atoms with van der Waals surface area (Å²) in [4.78, 5) is 43.4. The molecular weight excluding hydrogens is 520 g/mol. The van der Waals surface area contributed by atoms with E-state index in [1.165, 1.54) is 0 Å². The molecule has 3 amide bonds. The Morgan fingerprint density at radius 3 is 2.59 bits per heavy atom. The van der Waals surface area contributed by atoms with Crippen LogP contribution in [0.2, 0.25) is 0 Å². The van der Waals surface area contributed by atoms with Gasteiger partial charge in [0.05, 0.1) is 12.6 Å². The molecule has 1 atom stereocenters. The molecule has 0 aliphatic carbocycles. The Kier molecular flexibility index (Phi) is 8.73. The SMILES string of the molecule is Cc1ccc(OCCNC(=O)CC2CN(C(=O)Nc3ccccc3)CCN2c2cc(C)nc(-n3ccnc3)n2)cc1. The number of aromatic nitrogens is 4. The first-order valence-electron chi connectivity index (χ1n) is 13.6. The second-order valence-corrected chi connectivity index (χ2v) is 9.94. The fourth-order valence-corrected chi connectivity index (χ4v) is 4.70. The van der Waals surface area contributed by atoms with Crippen molar-refractivity contribution in [3.05, 3.63) is 90.6 Å². The van der Waals surface area contributed by atoms with Gasteiger partial charge in [0, 0.05) is 55.9 Å². The second-order valence-electron chi connectivity index (χ2n) is 9.94. The summed E-state index contributed by atoms with van der Waals surface area (Å²) in [7, 11) is 0. The van der Waals surface area contributed by atoms with E-state index >= 15 is 0 Å². The number of benzene rings is 2. The van der Waals surface area contributed by atoms with Crippen LogP contribution >= 0.6 is 0 Å². The van der Waals surface area contributed by atoms with Crippen molar-refractivity contribution in [3.8, 4) is 11.7 Å². The molecule has 1 fully saturated rings. The lowest BCUT2D eigenvalue weighted by atomic mass is 10.1. The van der Waals surface area contributed by atoms with Crippen molar-refractivity contribution in [3.63, 3.8) is 0 Å². The molecule has 1 unspecified atom stereocenters. The van der Waals surface area contributed by atoms with Crippen LogP contribution in [0, 0.1) is 13.8 Å². The maximum absolute atomic E-state index is 13.1. The van der Waals surface area contributed by atoms with Crippen molar-refractivity contribution in [2.24, 2.45) is 0 Å². The van der Waals surface area contributed by atoms with Gasteiger partial charge in [0.15, 0.2) is 0 Å². The van der Waals surface area contributed by atoms with Crippen LogP contribution in [-0.4, -0.2) is 75.2 Å². The Morgan fingerprint density at radius 1 is 1.02 bits per heavy atom. The number of urea groups is 1. The summed E-state index contributed by atoms with van der Waals surface area (Å²) >= 11 is 0. The summed E-state index contributed by atoms with van der Waals surface area (Å²) in [5.74, 6) is 1.83. The van der Waals surface area contributed by atoms with E-state index in [2.05, 4.69) is 25.5 Å². The molecule has 1 aliphatic rings. The number of imidazole rings is 1. The molecule has 5 rings (SSSR count). The van der Waals surface area contributed by atoms with Crippen molar-refractivity contribution in [1.82, 2.24) is 29.7 Å². The van der Waals surface area contributed by atoms with Gasteiger partial charge in [-0.25, -0.2) is 14.8 Å². The van der Waals surface area contributed by atoms with E-state index in [0.717, 1.165) is 22.7 Å². The van der Waals surface area contributed by atoms with Crippen LogP contribution in [0.1, 0.15) is 17.7 Å². The van der Waals surface area contributed by atoms with Crippen LogP contribution in [0.5, 0.6) is 5.75 Å². The predicted octanol–water partition coefficient (Wildman–Crippen LogP) is 3.59. The van der Waals surface area contributed by atoms with Gasteiger partial charge >= 0.3 is 6.03 Å². The fourth-order valence-electron chi connectivity index (χ4n) is 4.70. The summed E-state index contributed by atoms with van der Waals surface area (Å²) in [6.45, 7) is 6.00. The van der Waals surface area contributed by atoms with Gasteiger partial charge in [-0.15, -0.1) is 0 Å². The highest BCUT2D eigenvalue weighted by Crippen LogP contribution is 2.23. The third kappa shape index (κ3) is 7.38. The monoisotopic (exact) mass is 554 g/mol. The number of anilines is 2. The number of nitrogens with one attached hydrogen (secondary N) is 2. The minimum absolute atomic E-state index is 0.126. The van der Waals surface area contributed by atoms with Gasteiger partial charge in [-0.05, 0) is 38.1 Å². The zero-order valence-electron chi connectivity index (χ0n) is 23.2. The zero-order valence-corrected chi connectivity index (χ0v) is 23.2. The van der Waals surface area contributed by atoms with E-state index in [0.29, 0.717) is 44.6 Å². The van der Waals surface area contributed by atoms with E-state index in [1.807, 2.05) is 74.5 Å². The van der Waals surface area contributed by atoms with Crippen LogP contribution < -0.4 is 20.3 Å². The molecule has 2 N–H and O–H groups in total. The molecule has 0 saturated carbocycles. The molecule has 1 aliphatic heterocycles. The maximum Gasteiger partial charge on any atom is 0.321 e. The number of amides is 3. The van der Waals surface area contributed by atoms with Gasteiger partial charge in [0.25, 0.3) is 0 Å². The Hall–Kier alpha value is -4.93. The van der Waals surface area contributed by atoms with Crippen molar-refractivity contribution in [2.75, 3.05) is 43.0 Å². The van der Waals surface area contributed by atoms with Crippen LogP contribution in [0.4, 0.5) is 16.3 Å². The summed E-state index contributed by atoms with van der Waals surface area (Å²) in [5.41, 5.74) is 2.67. The summed E-state index contributed by atoms with van der Waals surface area (Å²) < 4.78 is 7.49. The van der Waals surface area contributed by atoms with Crippen molar-refractivity contribution in [1.29, 1.82) is 0 Å². The number of aryl methyl sites for hydroxylation is 2. The number of ether oxygens (including phenoxy) is 1. The number of hydrogen-bond acceptors (Lipinski definition) is 7. The molecule has 212 valence electrons. The smallest absolute Gasteiger partial charge is 0.321 e. The van der Waals surface area contributed by atoms with Crippen LogP contribution in [-0.2, 0) is 4.79 Å². The average Bonchev–Trinajstić information content (AvgIpc) is 3.52. The third-order valence-electron chi connectivity index (χ3n) is 6.79. The zero-order chi connectivity index (χ0) is 28.6. The molecule has 41 heavy (non-hydrogen) atoms. The normalized spacial score (nSPS) is 14.9. The number of hydrogen-bond donors (Lipinski definition) is 2. The van der Waals surface area contributed by atoms with Gasteiger partial charge in [-0.3, -0.25) is 9.36 Å². The summed E-state index contributed by atoms with van der Waals surface area (Å²) in [6.07, 6.45) is 5.29. The molecule has 11 heteroatoms. The highest BCUT2D eigenvalue weighted by atomic mass is 16.5. The van der Waals surface area contributed by atoms with Crippen LogP contribution in [0.3, 0.4) is 0 Å². The summed E-state index contributed by atoms with van der Waals surface area (Å²) in [6, 6.07) is 18.5. The first kappa shape index (κ1) is 27.6. The molecule has 11 nitrogen and oxygen atoms in total. The lowest BCUT2D eigenvalue weighted by Gasteiger charge is -2.42. The first-order valence-corrected chi connectivity index (χ1v) is 13.6. The van der Waals surface area contributed by atoms with Crippen molar-refractivity contribution < 1.29 is 14.3 Å². The number of carbonyl (C=O) groups is 2. The van der Waals surface area contributed by atoms with E-state index in [9.17, 15) is 9.59 Å². The summed E-state index contributed by atoms with van der Waals surface area (Å²) in [5, 5.41) is 5.91. The van der Waals surface area contributed by atoms with Crippen LogP contribution in [0.15, 0.2) is 79.4 Å². The quantitative estimate of drug-likeness (QED) is 0.304. The van der Waals surface area contributed by atoms with E-state index in [-0.39, 0.29) is 24.4 Å². The molecule has 0 spiro atoms. The van der Waals surface area contributed by atoms with Gasteiger partial charge in [0.2, 0.25) is 11.9 Å². The number of para-hydroxylation sites is 1. The lowest BCUT2D eigenvalue weighted by molar-refractivity contribution is -0.121. The van der Waals surface area contributed by atoms with Crippen molar-refractivity contribution >= 4 is 23.4 Å². The Balaban J connectivity index is 1.27. The molecule has 2 aromatic carbocycles. The fraction of sp³-hybridized carbons (Fsp3) is 0.300. The van der Waals surface area contributed by atoms with Gasteiger partial charge in [0.1, 0.15) is 24.5 Å². The van der Waals surface area contributed by atoms with Crippen LogP contribution in [0.25, 0.3) is 5.95 Å². The minimum atomic E-state index is -0.298. The highest BCUT2D eigenvalue weighted by molar-refractivity contribution is 5.89. The Labute approximate surface area is 239 Å². The van der Waals surface area contributed by atoms with Gasteiger partial charge in [-0.2, -0.15) is 4.98 Å². The van der Waals surface area contributed by atoms with Crippen molar-refractivity contribution in [2.45, 2.75) is 26.3 Å². The molecule has 4 aromatic rings. The minimum Gasteiger partial charge on any atom is -0.492 e. The molecule has 3 heterocycles. The standard InChI is InChI=1S/C30H34N8O3/c1-22-8-10-26(11-9-22)41-17-13-32-28(39)19-25-20-36(30(40)34-24-6-4-3-5-7-24)15-16-38(25)27-18-23(2)33-29(35-27)37-14-12-31-21-37/h3-12,14,18,21,25H,13,15-17,19-20H2,1-2H3,(H,32,39)(H,34,40). The first-order chi connectivity index (χ1) is 19.9. The molecule has 0 bridgehead atoms. The number of piperazine rings is 1. The van der Waals surface area contributed by atoms with E-state index in [1.54, 1.807) is 28.2 Å². The maximum atomic E-state index is 13.1. The number of rotatable bonds is 9. The highest BCUT2D eigenvalue weighted by Gasteiger charge is 2.32. The van der Waals surface area contributed by atoms with E-state index in [4.69, 9.17) is 9.72 Å². The largest absolute Gasteiger partial charge is 0.492 e. The van der Waals surface area contributed by atoms with Gasteiger partial charge in [-0.1, -0.05) is 35.9 Å². The van der Waals surface area contributed by atoms with Gasteiger partial charge < -0.3 is 25.2 Å². The lowest BCUT2D eigenvalue weighted by Crippen LogP contribution is -2.57. The second kappa shape index (κ2) is 12.9. The Bertz CT molecular complexity index is 1440. The average molecular weight is 555 g/mol. The Morgan fingerprint density at radius 2 is 1.83 bits per heavy atom. The molecule has 2 aromatic heterocycles. The number of nitrogens with zero attached hydrogens (tertiary/aromatic N) is 6. The molecule has 1 saturated heterocycles. The van der Waals surface area contributed by atoms with E-state index < -0.39 is 0 Å². The third-order valence-corrected chi connectivity index (χ3v) is 6.79. The number of carbonyl (C=O) groups excluding carboxylic acids is 2. The molecule has 0 radical (unpaired) electrons. The topological polar surface area (TPSA) is 118 Å². The molecular formula is C30H34N8O3. The predicted molar refractivity (Wildman–Crippen MR) is 156 cm³/mol.